The third-order valence-electron chi connectivity index (χ3n) is 2.62. The molecule has 0 aliphatic carbocycles. The zero-order chi connectivity index (χ0) is 18.2. The van der Waals surface area contributed by atoms with Crippen LogP contribution in [0.2, 0.25) is 0 Å². The Hall–Kier alpha value is 1.18. The number of hydrogen-bond acceptors (Lipinski definition) is 8. The molecule has 2 nitrogen and oxygen atoms in total. The highest BCUT2D eigenvalue weighted by atomic mass is 33.1. The van der Waals surface area contributed by atoms with E-state index in [9.17, 15) is 0 Å². The molecular weight excluding hydrogens is 417 g/mol. The molecule has 0 aliphatic rings. The summed E-state index contributed by atoms with van der Waals surface area (Å²) in [7, 11) is 6.79. The van der Waals surface area contributed by atoms with Crippen LogP contribution in [-0.2, 0) is 9.47 Å². The predicted octanol–water partition coefficient (Wildman–Crippen LogP) is 7.51. The van der Waals surface area contributed by atoms with Crippen LogP contribution < -0.4 is 0 Å². The second-order valence-electron chi connectivity index (χ2n) is 5.77. The summed E-state index contributed by atoms with van der Waals surface area (Å²) in [6, 6.07) is 0. The molecule has 0 rings (SSSR count). The van der Waals surface area contributed by atoms with Crippen molar-refractivity contribution in [3.8, 4) is 0 Å². The molecule has 0 unspecified atom stereocenters. The second-order valence-corrected chi connectivity index (χ2v) is 11.8. The molecule has 0 aromatic carbocycles. The Labute approximate surface area is 174 Å². The summed E-state index contributed by atoms with van der Waals surface area (Å²) >= 11 is 10.3. The molecule has 0 atom stereocenters. The first kappa shape index (κ1) is 25.2. The van der Waals surface area contributed by atoms with Gasteiger partial charge in [0.2, 0.25) is 8.77 Å². The van der Waals surface area contributed by atoms with Crippen molar-refractivity contribution in [3.63, 3.8) is 0 Å². The van der Waals surface area contributed by atoms with Gasteiger partial charge >= 0.3 is 0 Å². The van der Waals surface area contributed by atoms with Gasteiger partial charge in [0.15, 0.2) is 0 Å². The average Bonchev–Trinajstić information content (AvgIpc) is 2.46. The van der Waals surface area contributed by atoms with Gasteiger partial charge in [-0.25, -0.2) is 0 Å². The lowest BCUT2D eigenvalue weighted by Gasteiger charge is -2.09. The predicted molar refractivity (Wildman–Crippen MR) is 125 cm³/mol. The minimum Gasteiger partial charge on any atom is -0.475 e. The van der Waals surface area contributed by atoms with Crippen LogP contribution >= 0.6 is 67.6 Å². The molecule has 142 valence electrons. The largest absolute Gasteiger partial charge is 0.475 e. The van der Waals surface area contributed by atoms with Crippen LogP contribution in [-0.4, -0.2) is 32.5 Å². The van der Waals surface area contributed by atoms with Gasteiger partial charge in [0.25, 0.3) is 0 Å². The molecule has 0 aliphatic heterocycles. The number of rotatable bonds is 13. The van der Waals surface area contributed by atoms with Gasteiger partial charge in [0.1, 0.15) is 0 Å². The van der Waals surface area contributed by atoms with Crippen molar-refractivity contribution in [1.82, 2.24) is 0 Å². The quantitative estimate of drug-likeness (QED) is 0.162. The Bertz CT molecular complexity index is 305. The fraction of sp³-hybridized carbons (Fsp3) is 0.875. The van der Waals surface area contributed by atoms with E-state index in [1.165, 1.54) is 38.5 Å². The summed E-state index contributed by atoms with van der Waals surface area (Å²) in [5.74, 6) is 2.29. The highest BCUT2D eigenvalue weighted by Crippen LogP contribution is 2.27. The molecule has 0 heterocycles. The topological polar surface area (TPSA) is 18.5 Å². The first-order valence-electron chi connectivity index (χ1n) is 8.42. The zero-order valence-corrected chi connectivity index (χ0v) is 20.0. The van der Waals surface area contributed by atoms with Gasteiger partial charge in [-0.05, 0) is 86.6 Å². The normalized spacial score (nSPS) is 11.1. The van der Waals surface area contributed by atoms with Crippen LogP contribution in [0.25, 0.3) is 0 Å². The lowest BCUT2D eigenvalue weighted by Crippen LogP contribution is -2.04. The van der Waals surface area contributed by atoms with E-state index in [2.05, 4.69) is 0 Å². The SMILES string of the molecule is CC(C)OC(=S)SSCCCCCCCCSSC(=S)OC(C)C. The van der Waals surface area contributed by atoms with E-state index in [-0.39, 0.29) is 12.2 Å². The van der Waals surface area contributed by atoms with E-state index in [1.807, 2.05) is 27.7 Å². The third kappa shape index (κ3) is 19.5. The van der Waals surface area contributed by atoms with E-state index >= 15 is 0 Å². The highest BCUT2D eigenvalue weighted by Gasteiger charge is 2.03. The maximum absolute atomic E-state index is 5.43. The molecule has 0 amide bonds. The Kier molecular flexibility index (Phi) is 18.5. The van der Waals surface area contributed by atoms with Gasteiger partial charge in [-0.2, -0.15) is 0 Å². The van der Waals surface area contributed by atoms with Crippen LogP contribution in [0, 0.1) is 0 Å². The van der Waals surface area contributed by atoms with E-state index < -0.39 is 0 Å². The van der Waals surface area contributed by atoms with Gasteiger partial charge in [-0.1, -0.05) is 47.3 Å². The fourth-order valence-corrected chi connectivity index (χ4v) is 6.37. The molecule has 0 spiro atoms. The van der Waals surface area contributed by atoms with Gasteiger partial charge in [-0.15, -0.1) is 0 Å². The minimum atomic E-state index is 0.181. The van der Waals surface area contributed by atoms with Crippen molar-refractivity contribution in [2.24, 2.45) is 0 Å². The monoisotopic (exact) mass is 446 g/mol. The molecule has 0 saturated heterocycles. The number of hydrogen-bond donors (Lipinski definition) is 0. The standard InChI is InChI=1S/C16H30O2S6/c1-13(2)17-15(19)23-21-11-9-7-5-6-8-10-12-22-24-16(20)18-14(3)4/h13-14H,5-12H2,1-4H3. The average molecular weight is 447 g/mol. The smallest absolute Gasteiger partial charge is 0.231 e. The van der Waals surface area contributed by atoms with Gasteiger partial charge in [0, 0.05) is 11.5 Å². The van der Waals surface area contributed by atoms with Crippen LogP contribution in [0.3, 0.4) is 0 Å². The summed E-state index contributed by atoms with van der Waals surface area (Å²) in [6.07, 6.45) is 8.14. The van der Waals surface area contributed by atoms with Crippen molar-refractivity contribution in [2.75, 3.05) is 11.5 Å². The second kappa shape index (κ2) is 17.6. The first-order valence-corrected chi connectivity index (χ1v) is 13.9. The van der Waals surface area contributed by atoms with Crippen LogP contribution in [0.1, 0.15) is 66.2 Å². The summed E-state index contributed by atoms with van der Waals surface area (Å²) in [5.41, 5.74) is 0. The highest BCUT2D eigenvalue weighted by molar-refractivity contribution is 8.83. The molecule has 0 fully saturated rings. The first-order chi connectivity index (χ1) is 11.4. The van der Waals surface area contributed by atoms with Crippen LogP contribution in [0.15, 0.2) is 0 Å². The molecule has 8 heteroatoms. The van der Waals surface area contributed by atoms with Gasteiger partial charge in [-0.3, -0.25) is 0 Å². The molecule has 0 aromatic heterocycles. The number of thiocarbonyl (C=S) groups is 2. The molecule has 0 aromatic rings. The van der Waals surface area contributed by atoms with E-state index in [0.29, 0.717) is 8.77 Å². The van der Waals surface area contributed by atoms with E-state index in [4.69, 9.17) is 33.9 Å². The van der Waals surface area contributed by atoms with Gasteiger partial charge < -0.3 is 9.47 Å². The van der Waals surface area contributed by atoms with E-state index in [0.717, 1.165) is 11.5 Å². The molecule has 0 saturated carbocycles. The Morgan fingerprint density at radius 2 is 1.00 bits per heavy atom. The lowest BCUT2D eigenvalue weighted by molar-refractivity contribution is 0.243. The van der Waals surface area contributed by atoms with Crippen LogP contribution in [0.4, 0.5) is 0 Å². The van der Waals surface area contributed by atoms with Crippen molar-refractivity contribution < 1.29 is 9.47 Å². The van der Waals surface area contributed by atoms with Crippen molar-refractivity contribution >= 4 is 76.4 Å². The number of ether oxygens (including phenoxy) is 2. The summed E-state index contributed by atoms with van der Waals surface area (Å²) in [4.78, 5) is 0. The number of unbranched alkanes of at least 4 members (excludes halogenated alkanes) is 5. The minimum absolute atomic E-state index is 0.181. The summed E-state index contributed by atoms with van der Waals surface area (Å²) in [5, 5.41) is 0. The van der Waals surface area contributed by atoms with Crippen LogP contribution in [0.5, 0.6) is 0 Å². The maximum Gasteiger partial charge on any atom is 0.231 e. The summed E-state index contributed by atoms with van der Waals surface area (Å²) in [6.45, 7) is 8.01. The zero-order valence-electron chi connectivity index (χ0n) is 15.1. The summed E-state index contributed by atoms with van der Waals surface area (Å²) < 4.78 is 12.2. The molecule has 0 N–H and O–H groups in total. The van der Waals surface area contributed by atoms with Crippen molar-refractivity contribution in [2.45, 2.75) is 78.4 Å². The van der Waals surface area contributed by atoms with E-state index in [1.54, 1.807) is 43.2 Å². The Balaban J connectivity index is 3.20. The Morgan fingerprint density at radius 1 is 0.667 bits per heavy atom. The maximum atomic E-state index is 5.43. The molecule has 0 radical (unpaired) electrons. The third-order valence-corrected chi connectivity index (χ3v) is 8.17. The van der Waals surface area contributed by atoms with Crippen molar-refractivity contribution in [1.29, 1.82) is 0 Å². The molecule has 24 heavy (non-hydrogen) atoms. The Morgan fingerprint density at radius 3 is 1.33 bits per heavy atom. The van der Waals surface area contributed by atoms with Crippen molar-refractivity contribution in [3.05, 3.63) is 0 Å². The van der Waals surface area contributed by atoms with Gasteiger partial charge in [0.05, 0.1) is 12.2 Å². The molecule has 0 bridgehead atoms. The lowest BCUT2D eigenvalue weighted by atomic mass is 10.1. The molecular formula is C16H30O2S6. The fourth-order valence-electron chi connectivity index (χ4n) is 1.63.